The highest BCUT2D eigenvalue weighted by molar-refractivity contribution is 9.10. The minimum Gasteiger partial charge on any atom is -0.494 e. The van der Waals surface area contributed by atoms with Crippen molar-refractivity contribution in [3.05, 3.63) is 93.5 Å². The zero-order chi connectivity index (χ0) is 25.2. The molecule has 0 fully saturated rings. The van der Waals surface area contributed by atoms with Gasteiger partial charge >= 0.3 is 5.97 Å². The van der Waals surface area contributed by atoms with Crippen LogP contribution in [0.15, 0.2) is 76.3 Å². The molecule has 3 rings (SSSR count). The molecule has 180 valence electrons. The van der Waals surface area contributed by atoms with E-state index in [0.717, 1.165) is 10.0 Å². The number of carbonyl (C=O) groups is 3. The van der Waals surface area contributed by atoms with Crippen LogP contribution in [0, 0.1) is 6.92 Å². The van der Waals surface area contributed by atoms with Gasteiger partial charge in [0, 0.05) is 15.6 Å². The highest BCUT2D eigenvalue weighted by Crippen LogP contribution is 2.23. The Morgan fingerprint density at radius 3 is 2.49 bits per heavy atom. The lowest BCUT2D eigenvalue weighted by Crippen LogP contribution is -2.34. The molecule has 0 saturated carbocycles. The van der Waals surface area contributed by atoms with E-state index in [-0.39, 0.29) is 18.2 Å². The van der Waals surface area contributed by atoms with Crippen molar-refractivity contribution in [2.24, 2.45) is 5.10 Å². The number of benzene rings is 3. The lowest BCUT2D eigenvalue weighted by Gasteiger charge is -2.09. The molecule has 0 aliphatic heterocycles. The maximum Gasteiger partial charge on any atom is 0.343 e. The van der Waals surface area contributed by atoms with Crippen LogP contribution in [0.5, 0.6) is 11.5 Å². The fourth-order valence-corrected chi connectivity index (χ4v) is 3.37. The van der Waals surface area contributed by atoms with E-state index in [1.165, 1.54) is 6.21 Å². The van der Waals surface area contributed by atoms with Gasteiger partial charge < -0.3 is 14.8 Å². The van der Waals surface area contributed by atoms with Crippen LogP contribution < -0.4 is 20.2 Å². The second-order valence-electron chi connectivity index (χ2n) is 7.37. The number of halogens is 1. The first-order valence-corrected chi connectivity index (χ1v) is 11.6. The smallest absolute Gasteiger partial charge is 0.343 e. The lowest BCUT2D eigenvalue weighted by molar-refractivity contribution is -0.120. The molecule has 2 amide bonds. The van der Waals surface area contributed by atoms with E-state index in [1.54, 1.807) is 60.7 Å². The van der Waals surface area contributed by atoms with Gasteiger partial charge in [-0.2, -0.15) is 5.10 Å². The Hall–Kier alpha value is -3.98. The molecule has 35 heavy (non-hydrogen) atoms. The Balaban J connectivity index is 1.59. The molecule has 3 aromatic carbocycles. The van der Waals surface area contributed by atoms with E-state index >= 15 is 0 Å². The summed E-state index contributed by atoms with van der Waals surface area (Å²) < 4.78 is 11.6. The Morgan fingerprint density at radius 1 is 1.00 bits per heavy atom. The summed E-state index contributed by atoms with van der Waals surface area (Å²) in [5.41, 5.74) is 4.58. The first-order valence-electron chi connectivity index (χ1n) is 10.8. The Labute approximate surface area is 211 Å². The lowest BCUT2D eigenvalue weighted by atomic mass is 10.1. The van der Waals surface area contributed by atoms with Crippen molar-refractivity contribution in [3.63, 3.8) is 0 Å². The minimum atomic E-state index is -0.548. The molecular formula is C26H24BrN3O5. The van der Waals surface area contributed by atoms with E-state index in [0.29, 0.717) is 29.0 Å². The second kappa shape index (κ2) is 12.5. The SMILES string of the molecule is CCOc1ccc(C(=O)Oc2ccc(Br)cc2C=NNC(=O)CNC(=O)c2cccc(C)c2)cc1. The van der Waals surface area contributed by atoms with Crippen LogP contribution in [-0.2, 0) is 4.79 Å². The number of hydrazone groups is 1. The Morgan fingerprint density at radius 2 is 1.77 bits per heavy atom. The molecular weight excluding hydrogens is 514 g/mol. The van der Waals surface area contributed by atoms with Gasteiger partial charge in [0.05, 0.1) is 24.9 Å². The van der Waals surface area contributed by atoms with Crippen molar-refractivity contribution in [1.29, 1.82) is 0 Å². The van der Waals surface area contributed by atoms with Gasteiger partial charge in [-0.25, -0.2) is 10.2 Å². The molecule has 0 heterocycles. The van der Waals surface area contributed by atoms with Gasteiger partial charge in [-0.1, -0.05) is 33.6 Å². The van der Waals surface area contributed by atoms with Crippen molar-refractivity contribution in [1.82, 2.24) is 10.7 Å². The molecule has 2 N–H and O–H groups in total. The standard InChI is InChI=1S/C26H24BrN3O5/c1-3-34-22-10-7-18(8-11-22)26(33)35-23-12-9-21(27)14-20(23)15-29-30-24(31)16-28-25(32)19-6-4-5-17(2)13-19/h4-15H,3,16H2,1-2H3,(H,28,32)(H,30,31). The van der Waals surface area contributed by atoms with Gasteiger partial charge in [-0.3, -0.25) is 9.59 Å². The van der Waals surface area contributed by atoms with E-state index in [1.807, 2.05) is 19.9 Å². The zero-order valence-electron chi connectivity index (χ0n) is 19.2. The summed E-state index contributed by atoms with van der Waals surface area (Å²) in [6, 6.07) is 18.7. The third-order valence-electron chi connectivity index (χ3n) is 4.66. The summed E-state index contributed by atoms with van der Waals surface area (Å²) in [4.78, 5) is 36.8. The number of hydrogen-bond acceptors (Lipinski definition) is 6. The fraction of sp³-hybridized carbons (Fsp3) is 0.154. The molecule has 0 unspecified atom stereocenters. The summed E-state index contributed by atoms with van der Waals surface area (Å²) in [6.07, 6.45) is 1.35. The monoisotopic (exact) mass is 537 g/mol. The second-order valence-corrected chi connectivity index (χ2v) is 8.29. The number of hydrogen-bond donors (Lipinski definition) is 2. The van der Waals surface area contributed by atoms with E-state index in [4.69, 9.17) is 9.47 Å². The molecule has 0 atom stereocenters. The van der Waals surface area contributed by atoms with E-state index in [9.17, 15) is 14.4 Å². The van der Waals surface area contributed by atoms with Crippen molar-refractivity contribution in [2.75, 3.05) is 13.2 Å². The fourth-order valence-electron chi connectivity index (χ4n) is 2.99. The number of carbonyl (C=O) groups excluding carboxylic acids is 3. The average Bonchev–Trinajstić information content (AvgIpc) is 2.84. The number of rotatable bonds is 9. The highest BCUT2D eigenvalue weighted by atomic mass is 79.9. The first-order chi connectivity index (χ1) is 16.9. The molecule has 3 aromatic rings. The molecule has 0 radical (unpaired) electrons. The Bertz CT molecular complexity index is 1240. The van der Waals surface area contributed by atoms with Crippen LogP contribution in [0.2, 0.25) is 0 Å². The number of ether oxygens (including phenoxy) is 2. The maximum atomic E-state index is 12.6. The topological polar surface area (TPSA) is 106 Å². The number of aryl methyl sites for hydroxylation is 1. The van der Waals surface area contributed by atoms with Gasteiger partial charge in [0.1, 0.15) is 11.5 Å². The molecule has 0 aliphatic rings. The van der Waals surface area contributed by atoms with Crippen LogP contribution in [0.25, 0.3) is 0 Å². The summed E-state index contributed by atoms with van der Waals surface area (Å²) in [7, 11) is 0. The molecule has 0 bridgehead atoms. The maximum absolute atomic E-state index is 12.6. The molecule has 0 aromatic heterocycles. The predicted molar refractivity (Wildman–Crippen MR) is 136 cm³/mol. The molecule has 0 spiro atoms. The van der Waals surface area contributed by atoms with Crippen LogP contribution >= 0.6 is 15.9 Å². The number of esters is 1. The zero-order valence-corrected chi connectivity index (χ0v) is 20.8. The largest absolute Gasteiger partial charge is 0.494 e. The quantitative estimate of drug-likeness (QED) is 0.183. The average molecular weight is 538 g/mol. The van der Waals surface area contributed by atoms with Gasteiger partial charge in [0.25, 0.3) is 11.8 Å². The highest BCUT2D eigenvalue weighted by Gasteiger charge is 2.12. The number of nitrogens with zero attached hydrogens (tertiary/aromatic N) is 1. The number of amides is 2. The van der Waals surface area contributed by atoms with Gasteiger partial charge in [-0.05, 0) is 68.4 Å². The van der Waals surface area contributed by atoms with Gasteiger partial charge in [-0.15, -0.1) is 0 Å². The molecule has 9 heteroatoms. The third-order valence-corrected chi connectivity index (χ3v) is 5.15. The normalized spacial score (nSPS) is 10.6. The van der Waals surface area contributed by atoms with E-state index < -0.39 is 11.9 Å². The molecule has 8 nitrogen and oxygen atoms in total. The van der Waals surface area contributed by atoms with Crippen molar-refractivity contribution >= 4 is 39.9 Å². The van der Waals surface area contributed by atoms with Crippen molar-refractivity contribution in [3.8, 4) is 11.5 Å². The van der Waals surface area contributed by atoms with Crippen LogP contribution in [-0.4, -0.2) is 37.1 Å². The number of nitrogens with one attached hydrogen (secondary N) is 2. The van der Waals surface area contributed by atoms with Crippen LogP contribution in [0.4, 0.5) is 0 Å². The molecule has 0 saturated heterocycles. The third kappa shape index (κ3) is 7.79. The van der Waals surface area contributed by atoms with Crippen LogP contribution in [0.1, 0.15) is 38.8 Å². The van der Waals surface area contributed by atoms with Crippen molar-refractivity contribution < 1.29 is 23.9 Å². The Kier molecular flexibility index (Phi) is 9.14. The van der Waals surface area contributed by atoms with Crippen LogP contribution in [0.3, 0.4) is 0 Å². The summed E-state index contributed by atoms with van der Waals surface area (Å²) in [6.45, 7) is 4.04. The molecule has 0 aliphatic carbocycles. The predicted octanol–water partition coefficient (Wildman–Crippen LogP) is 4.26. The first kappa shape index (κ1) is 25.6. The van der Waals surface area contributed by atoms with Crippen molar-refractivity contribution in [2.45, 2.75) is 13.8 Å². The summed E-state index contributed by atoms with van der Waals surface area (Å²) in [5, 5.41) is 6.46. The summed E-state index contributed by atoms with van der Waals surface area (Å²) in [5.74, 6) is -0.495. The summed E-state index contributed by atoms with van der Waals surface area (Å²) >= 11 is 3.37. The van der Waals surface area contributed by atoms with Gasteiger partial charge in [0.2, 0.25) is 0 Å². The minimum absolute atomic E-state index is 0.248. The van der Waals surface area contributed by atoms with E-state index in [2.05, 4.69) is 31.8 Å². The van der Waals surface area contributed by atoms with Gasteiger partial charge in [0.15, 0.2) is 0 Å².